The van der Waals surface area contributed by atoms with Crippen LogP contribution in [0.5, 0.6) is 0 Å². The molecule has 13 heteroatoms. The van der Waals surface area contributed by atoms with Gasteiger partial charge in [-0.3, -0.25) is 31.1 Å². The summed E-state index contributed by atoms with van der Waals surface area (Å²) in [6, 6.07) is 10.0. The van der Waals surface area contributed by atoms with Crippen molar-refractivity contribution >= 4 is 57.6 Å². The molecular formula is C16H11Cl2N7O4. The Morgan fingerprint density at radius 2 is 1.55 bits per heavy atom. The van der Waals surface area contributed by atoms with Gasteiger partial charge in [-0.2, -0.15) is 0 Å². The number of anilines is 4. The van der Waals surface area contributed by atoms with Crippen molar-refractivity contribution in [1.82, 2.24) is 9.97 Å². The number of nitro benzene ring substituents is 1. The van der Waals surface area contributed by atoms with Gasteiger partial charge in [0.25, 0.3) is 5.69 Å². The first-order valence-corrected chi connectivity index (χ1v) is 8.58. The van der Waals surface area contributed by atoms with Crippen LogP contribution in [-0.4, -0.2) is 19.8 Å². The van der Waals surface area contributed by atoms with E-state index in [0.29, 0.717) is 21.4 Å². The van der Waals surface area contributed by atoms with Gasteiger partial charge in [0.1, 0.15) is 6.33 Å². The minimum atomic E-state index is -0.666. The normalized spacial score (nSPS) is 10.3. The second kappa shape index (κ2) is 8.54. The van der Waals surface area contributed by atoms with Gasteiger partial charge in [-0.15, -0.1) is 0 Å². The van der Waals surface area contributed by atoms with Gasteiger partial charge >= 0.3 is 5.69 Å². The number of aromatic nitrogens is 2. The molecule has 0 aliphatic carbocycles. The van der Waals surface area contributed by atoms with Crippen molar-refractivity contribution in [3.05, 3.63) is 79.1 Å². The number of hydrogen-bond acceptors (Lipinski definition) is 9. The molecule has 0 aliphatic rings. The smallest absolute Gasteiger partial charge is 0.333 e. The van der Waals surface area contributed by atoms with Crippen molar-refractivity contribution in [2.24, 2.45) is 0 Å². The van der Waals surface area contributed by atoms with Gasteiger partial charge in [0.2, 0.25) is 11.6 Å². The number of nitrogens with one attached hydrogen (secondary N) is 3. The largest absolute Gasteiger partial charge is 0.355 e. The van der Waals surface area contributed by atoms with Crippen molar-refractivity contribution < 1.29 is 9.85 Å². The number of nitro groups is 2. The van der Waals surface area contributed by atoms with E-state index < -0.39 is 15.5 Å². The van der Waals surface area contributed by atoms with E-state index in [1.807, 2.05) is 0 Å². The first kappa shape index (κ1) is 20.0. The zero-order valence-electron chi connectivity index (χ0n) is 14.3. The van der Waals surface area contributed by atoms with Crippen LogP contribution >= 0.6 is 23.2 Å². The first-order chi connectivity index (χ1) is 13.8. The number of nitrogens with zero attached hydrogens (tertiary/aromatic N) is 4. The van der Waals surface area contributed by atoms with E-state index in [9.17, 15) is 20.2 Å². The van der Waals surface area contributed by atoms with Crippen molar-refractivity contribution in [3.63, 3.8) is 0 Å². The van der Waals surface area contributed by atoms with E-state index >= 15 is 0 Å². The molecule has 0 unspecified atom stereocenters. The van der Waals surface area contributed by atoms with Crippen LogP contribution in [0.15, 0.2) is 48.8 Å². The van der Waals surface area contributed by atoms with Crippen molar-refractivity contribution in [2.45, 2.75) is 0 Å². The van der Waals surface area contributed by atoms with Crippen LogP contribution < -0.4 is 16.2 Å². The summed E-state index contributed by atoms with van der Waals surface area (Å²) >= 11 is 12.0. The number of hydrogen-bond donors (Lipinski definition) is 3. The molecule has 3 aromatic rings. The van der Waals surface area contributed by atoms with Gasteiger partial charge < -0.3 is 5.32 Å². The molecule has 3 rings (SSSR count). The lowest BCUT2D eigenvalue weighted by atomic mass is 10.3. The molecule has 1 heterocycles. The van der Waals surface area contributed by atoms with Crippen LogP contribution in [0.2, 0.25) is 10.0 Å². The van der Waals surface area contributed by atoms with E-state index in [-0.39, 0.29) is 17.3 Å². The van der Waals surface area contributed by atoms with Crippen LogP contribution in [0.4, 0.5) is 34.4 Å². The molecule has 0 atom stereocenters. The molecule has 0 amide bonds. The van der Waals surface area contributed by atoms with Gasteiger partial charge in [-0.25, -0.2) is 9.97 Å². The minimum Gasteiger partial charge on any atom is -0.333 e. The Balaban J connectivity index is 1.85. The SMILES string of the molecule is O=[N+]([O-])c1ccc(NNc2ncnc(Nc3cc(Cl)ccc3Cl)c2[N+](=O)[O-])cc1. The molecule has 0 saturated carbocycles. The van der Waals surface area contributed by atoms with Gasteiger partial charge in [0.05, 0.1) is 26.2 Å². The Kier molecular flexibility index (Phi) is 5.90. The van der Waals surface area contributed by atoms with E-state index in [1.54, 1.807) is 6.07 Å². The Morgan fingerprint density at radius 3 is 2.21 bits per heavy atom. The van der Waals surface area contributed by atoms with E-state index in [2.05, 4.69) is 26.1 Å². The van der Waals surface area contributed by atoms with Crippen molar-refractivity contribution in [2.75, 3.05) is 16.2 Å². The summed E-state index contributed by atoms with van der Waals surface area (Å²) in [4.78, 5) is 28.9. The van der Waals surface area contributed by atoms with Crippen LogP contribution in [0.25, 0.3) is 0 Å². The number of hydrazine groups is 1. The molecule has 0 fully saturated rings. The third kappa shape index (κ3) is 4.78. The molecule has 0 radical (unpaired) electrons. The van der Waals surface area contributed by atoms with Gasteiger partial charge in [-0.05, 0) is 30.3 Å². The second-order valence-electron chi connectivity index (χ2n) is 5.48. The quantitative estimate of drug-likeness (QED) is 0.351. The van der Waals surface area contributed by atoms with Gasteiger partial charge in [-0.1, -0.05) is 23.2 Å². The zero-order valence-corrected chi connectivity index (χ0v) is 15.8. The molecule has 11 nitrogen and oxygen atoms in total. The monoisotopic (exact) mass is 435 g/mol. The summed E-state index contributed by atoms with van der Waals surface area (Å²) in [6.45, 7) is 0. The van der Waals surface area contributed by atoms with E-state index in [0.717, 1.165) is 6.33 Å². The molecule has 148 valence electrons. The summed E-state index contributed by atoms with van der Waals surface area (Å²) < 4.78 is 0. The maximum Gasteiger partial charge on any atom is 0.355 e. The van der Waals surface area contributed by atoms with Gasteiger partial charge in [0, 0.05) is 17.2 Å². The number of rotatable bonds is 7. The topological polar surface area (TPSA) is 148 Å². The van der Waals surface area contributed by atoms with Crippen molar-refractivity contribution in [1.29, 1.82) is 0 Å². The first-order valence-electron chi connectivity index (χ1n) is 7.83. The summed E-state index contributed by atoms with van der Waals surface area (Å²) in [5.74, 6) is -0.244. The second-order valence-corrected chi connectivity index (χ2v) is 6.32. The Hall–Kier alpha value is -3.70. The predicted molar refractivity (Wildman–Crippen MR) is 109 cm³/mol. The molecule has 2 aromatic carbocycles. The summed E-state index contributed by atoms with van der Waals surface area (Å²) in [7, 11) is 0. The molecule has 0 saturated heterocycles. The average molecular weight is 436 g/mol. The molecule has 0 bridgehead atoms. The fourth-order valence-corrected chi connectivity index (χ4v) is 2.59. The fraction of sp³-hybridized carbons (Fsp3) is 0. The zero-order chi connectivity index (χ0) is 21.0. The Bertz CT molecular complexity index is 1080. The third-order valence-electron chi connectivity index (χ3n) is 3.59. The lowest BCUT2D eigenvalue weighted by molar-refractivity contribution is -0.384. The minimum absolute atomic E-state index is 0.0894. The fourth-order valence-electron chi connectivity index (χ4n) is 2.25. The highest BCUT2D eigenvalue weighted by Gasteiger charge is 2.24. The predicted octanol–water partition coefficient (Wildman–Crippen LogP) is 4.78. The molecule has 0 spiro atoms. The Labute approximate surface area is 173 Å². The third-order valence-corrected chi connectivity index (χ3v) is 4.15. The summed E-state index contributed by atoms with van der Waals surface area (Å²) in [6.07, 6.45) is 1.12. The Morgan fingerprint density at radius 1 is 0.862 bits per heavy atom. The van der Waals surface area contributed by atoms with Crippen molar-refractivity contribution in [3.8, 4) is 0 Å². The number of halogens is 2. The van der Waals surface area contributed by atoms with E-state index in [4.69, 9.17) is 23.2 Å². The maximum absolute atomic E-state index is 11.6. The lowest BCUT2D eigenvalue weighted by Gasteiger charge is -2.12. The molecule has 0 aliphatic heterocycles. The maximum atomic E-state index is 11.6. The standard InChI is InChI=1S/C16H11Cl2N7O4/c17-9-1-6-12(18)13(7-9)21-15-14(25(28)29)16(20-8-19-15)23-22-10-2-4-11(5-3-10)24(26)27/h1-8,22H,(H2,19,20,21,23). The van der Waals surface area contributed by atoms with Gasteiger partial charge in [0.15, 0.2) is 0 Å². The molecular weight excluding hydrogens is 425 g/mol. The van der Waals surface area contributed by atoms with Crippen LogP contribution in [0.1, 0.15) is 0 Å². The molecule has 1 aromatic heterocycles. The van der Waals surface area contributed by atoms with Crippen LogP contribution in [0, 0.1) is 20.2 Å². The number of non-ortho nitro benzene ring substituents is 1. The highest BCUT2D eigenvalue weighted by atomic mass is 35.5. The van der Waals surface area contributed by atoms with E-state index in [1.165, 1.54) is 36.4 Å². The molecule has 3 N–H and O–H groups in total. The van der Waals surface area contributed by atoms with Crippen LogP contribution in [-0.2, 0) is 0 Å². The summed E-state index contributed by atoms with van der Waals surface area (Å²) in [5.41, 5.74) is 5.51. The highest BCUT2D eigenvalue weighted by Crippen LogP contribution is 2.34. The van der Waals surface area contributed by atoms with Crippen LogP contribution in [0.3, 0.4) is 0 Å². The summed E-state index contributed by atoms with van der Waals surface area (Å²) in [5, 5.41) is 25.7. The molecule has 29 heavy (non-hydrogen) atoms. The lowest BCUT2D eigenvalue weighted by Crippen LogP contribution is -2.13. The highest BCUT2D eigenvalue weighted by molar-refractivity contribution is 6.35. The number of benzene rings is 2. The average Bonchev–Trinajstić information content (AvgIpc) is 2.69.